The molecule has 0 fully saturated rings. The second-order valence-electron chi connectivity index (χ2n) is 3.85. The zero-order valence-electron chi connectivity index (χ0n) is 10.5. The standard InChI is InChI=1S/C12H10F4N2O2/c1-6(19)11(7(2)20)18-17-9-5-3-4-8(10(9)13)12(14,15)16/h3-5,17H,1-2H3. The van der Waals surface area contributed by atoms with Gasteiger partial charge >= 0.3 is 6.18 Å². The van der Waals surface area contributed by atoms with Crippen LogP contribution in [0.1, 0.15) is 19.4 Å². The Labute approximate surface area is 111 Å². The number of carbonyl (C=O) groups excluding carboxylic acids is 2. The molecule has 4 nitrogen and oxygen atoms in total. The molecule has 0 spiro atoms. The van der Waals surface area contributed by atoms with Crippen molar-refractivity contribution in [3.05, 3.63) is 29.6 Å². The molecule has 20 heavy (non-hydrogen) atoms. The fraction of sp³-hybridized carbons (Fsp3) is 0.250. The quantitative estimate of drug-likeness (QED) is 0.401. The smallest absolute Gasteiger partial charge is 0.293 e. The summed E-state index contributed by atoms with van der Waals surface area (Å²) in [6.07, 6.45) is -4.85. The first kappa shape index (κ1) is 15.8. The first-order chi connectivity index (χ1) is 9.14. The van der Waals surface area contributed by atoms with Gasteiger partial charge in [-0.2, -0.15) is 18.3 Å². The van der Waals surface area contributed by atoms with Crippen LogP contribution in [-0.4, -0.2) is 17.3 Å². The molecule has 0 saturated carbocycles. The molecular formula is C12H10F4N2O2. The fourth-order valence-electron chi connectivity index (χ4n) is 1.36. The van der Waals surface area contributed by atoms with E-state index in [0.29, 0.717) is 6.07 Å². The predicted molar refractivity (Wildman–Crippen MR) is 63.8 cm³/mol. The summed E-state index contributed by atoms with van der Waals surface area (Å²) >= 11 is 0. The predicted octanol–water partition coefficient (Wildman–Crippen LogP) is 2.79. The first-order valence-electron chi connectivity index (χ1n) is 5.36. The van der Waals surface area contributed by atoms with E-state index in [9.17, 15) is 27.2 Å². The Hall–Kier alpha value is -2.25. The summed E-state index contributed by atoms with van der Waals surface area (Å²) < 4.78 is 51.0. The maximum Gasteiger partial charge on any atom is 0.419 e. The molecule has 0 aliphatic rings. The number of anilines is 1. The highest BCUT2D eigenvalue weighted by Crippen LogP contribution is 2.33. The van der Waals surface area contributed by atoms with Crippen LogP contribution in [0.5, 0.6) is 0 Å². The van der Waals surface area contributed by atoms with Gasteiger partial charge in [0.1, 0.15) is 0 Å². The van der Waals surface area contributed by atoms with Crippen LogP contribution in [0.2, 0.25) is 0 Å². The van der Waals surface area contributed by atoms with Gasteiger partial charge < -0.3 is 0 Å². The molecule has 0 amide bonds. The molecule has 0 bridgehead atoms. The number of halogens is 4. The molecule has 1 aromatic carbocycles. The summed E-state index contributed by atoms with van der Waals surface area (Å²) in [6, 6.07) is 2.55. The van der Waals surface area contributed by atoms with Gasteiger partial charge in [-0.15, -0.1) is 0 Å². The minimum atomic E-state index is -4.85. The Morgan fingerprint density at radius 1 is 1.15 bits per heavy atom. The number of carbonyl (C=O) groups is 2. The van der Waals surface area contributed by atoms with Gasteiger partial charge in [-0.3, -0.25) is 15.0 Å². The number of nitrogens with zero attached hydrogens (tertiary/aromatic N) is 1. The van der Waals surface area contributed by atoms with Crippen molar-refractivity contribution in [3.8, 4) is 0 Å². The normalized spacial score (nSPS) is 10.9. The third-order valence-corrected chi connectivity index (χ3v) is 2.26. The first-order valence-corrected chi connectivity index (χ1v) is 5.36. The fourth-order valence-corrected chi connectivity index (χ4v) is 1.36. The van der Waals surface area contributed by atoms with Crippen molar-refractivity contribution >= 4 is 23.0 Å². The summed E-state index contributed by atoms with van der Waals surface area (Å²) in [7, 11) is 0. The topological polar surface area (TPSA) is 58.5 Å². The second kappa shape index (κ2) is 5.81. The number of Topliss-reactive ketones (excluding diaryl/α,β-unsaturated/α-hetero) is 2. The maximum atomic E-state index is 13.6. The van der Waals surface area contributed by atoms with Crippen LogP contribution in [0.4, 0.5) is 23.2 Å². The zero-order valence-corrected chi connectivity index (χ0v) is 10.5. The van der Waals surface area contributed by atoms with E-state index < -0.39 is 40.5 Å². The van der Waals surface area contributed by atoms with Crippen molar-refractivity contribution in [3.63, 3.8) is 0 Å². The number of nitrogens with one attached hydrogen (secondary N) is 1. The molecular weight excluding hydrogens is 280 g/mol. The van der Waals surface area contributed by atoms with E-state index in [2.05, 4.69) is 5.10 Å². The minimum Gasteiger partial charge on any atom is -0.293 e. The van der Waals surface area contributed by atoms with Gasteiger partial charge in [-0.05, 0) is 12.1 Å². The Morgan fingerprint density at radius 2 is 1.70 bits per heavy atom. The number of ketones is 2. The summed E-state index contributed by atoms with van der Waals surface area (Å²) in [5, 5.41) is 3.34. The lowest BCUT2D eigenvalue weighted by atomic mass is 10.2. The molecule has 1 aromatic rings. The van der Waals surface area contributed by atoms with Crippen molar-refractivity contribution in [2.24, 2.45) is 5.10 Å². The van der Waals surface area contributed by atoms with Gasteiger partial charge in [0.05, 0.1) is 11.3 Å². The number of hydrogen-bond acceptors (Lipinski definition) is 4. The molecule has 1 rings (SSSR count). The summed E-state index contributed by atoms with van der Waals surface area (Å²) in [6.45, 7) is 2.12. The third-order valence-electron chi connectivity index (χ3n) is 2.26. The van der Waals surface area contributed by atoms with Crippen molar-refractivity contribution < 1.29 is 27.2 Å². The minimum absolute atomic E-state index is 0.512. The van der Waals surface area contributed by atoms with Crippen LogP contribution in [0.3, 0.4) is 0 Å². The summed E-state index contributed by atoms with van der Waals surface area (Å²) in [5.74, 6) is -2.93. The Kier molecular flexibility index (Phi) is 4.59. The number of rotatable bonds is 4. The number of benzene rings is 1. The Morgan fingerprint density at radius 3 is 2.15 bits per heavy atom. The molecule has 0 aromatic heterocycles. The van der Waals surface area contributed by atoms with Crippen molar-refractivity contribution in [2.75, 3.05) is 5.43 Å². The van der Waals surface area contributed by atoms with Crippen LogP contribution in [0.15, 0.2) is 23.3 Å². The van der Waals surface area contributed by atoms with Gasteiger partial charge in [0.15, 0.2) is 23.1 Å². The van der Waals surface area contributed by atoms with Crippen LogP contribution >= 0.6 is 0 Å². The van der Waals surface area contributed by atoms with Gasteiger partial charge in [-0.1, -0.05) is 6.07 Å². The highest BCUT2D eigenvalue weighted by Gasteiger charge is 2.34. The van der Waals surface area contributed by atoms with Gasteiger partial charge in [0.2, 0.25) is 0 Å². The third kappa shape index (κ3) is 3.62. The lowest BCUT2D eigenvalue weighted by molar-refractivity contribution is -0.139. The molecule has 0 aliphatic carbocycles. The zero-order chi connectivity index (χ0) is 15.5. The monoisotopic (exact) mass is 290 g/mol. The van der Waals surface area contributed by atoms with Crippen molar-refractivity contribution in [1.29, 1.82) is 0 Å². The van der Waals surface area contributed by atoms with E-state index in [-0.39, 0.29) is 0 Å². The molecule has 1 N–H and O–H groups in total. The molecule has 0 atom stereocenters. The van der Waals surface area contributed by atoms with E-state index in [4.69, 9.17) is 0 Å². The van der Waals surface area contributed by atoms with Gasteiger partial charge in [0.25, 0.3) is 0 Å². The Balaban J connectivity index is 3.15. The average molecular weight is 290 g/mol. The lowest BCUT2D eigenvalue weighted by Gasteiger charge is -2.10. The highest BCUT2D eigenvalue weighted by atomic mass is 19.4. The second-order valence-corrected chi connectivity index (χ2v) is 3.85. The summed E-state index contributed by atoms with van der Waals surface area (Å²) in [5.41, 5.74) is -0.604. The SMILES string of the molecule is CC(=O)C(=NNc1cccc(C(F)(F)F)c1F)C(C)=O. The van der Waals surface area contributed by atoms with Gasteiger partial charge in [-0.25, -0.2) is 4.39 Å². The van der Waals surface area contributed by atoms with E-state index in [1.54, 1.807) is 0 Å². The molecule has 108 valence electrons. The van der Waals surface area contributed by atoms with Gasteiger partial charge in [0, 0.05) is 13.8 Å². The molecule has 0 radical (unpaired) electrons. The number of alkyl halides is 3. The van der Waals surface area contributed by atoms with Crippen LogP contribution in [0.25, 0.3) is 0 Å². The van der Waals surface area contributed by atoms with E-state index in [1.165, 1.54) is 0 Å². The molecule has 8 heteroatoms. The molecule has 0 saturated heterocycles. The lowest BCUT2D eigenvalue weighted by Crippen LogP contribution is -2.20. The van der Waals surface area contributed by atoms with Crippen molar-refractivity contribution in [1.82, 2.24) is 0 Å². The molecule has 0 heterocycles. The van der Waals surface area contributed by atoms with Crippen LogP contribution in [0, 0.1) is 5.82 Å². The van der Waals surface area contributed by atoms with E-state index in [0.717, 1.165) is 26.0 Å². The Bertz CT molecular complexity index is 563. The number of hydrazone groups is 1. The van der Waals surface area contributed by atoms with E-state index >= 15 is 0 Å². The van der Waals surface area contributed by atoms with E-state index in [1.807, 2.05) is 5.43 Å². The van der Waals surface area contributed by atoms with Crippen LogP contribution < -0.4 is 5.43 Å². The van der Waals surface area contributed by atoms with Crippen molar-refractivity contribution in [2.45, 2.75) is 20.0 Å². The highest BCUT2D eigenvalue weighted by molar-refractivity contribution is 6.65. The summed E-state index contributed by atoms with van der Waals surface area (Å²) in [4.78, 5) is 22.1. The average Bonchev–Trinajstić information content (AvgIpc) is 2.28. The number of hydrogen-bond donors (Lipinski definition) is 1. The maximum absolute atomic E-state index is 13.6. The molecule has 0 unspecified atom stereocenters. The largest absolute Gasteiger partial charge is 0.419 e. The van der Waals surface area contributed by atoms with Crippen LogP contribution in [-0.2, 0) is 15.8 Å². The molecule has 0 aliphatic heterocycles.